The van der Waals surface area contributed by atoms with Crippen molar-refractivity contribution in [2.45, 2.75) is 18.6 Å². The molecular formula is C6H6O2. The van der Waals surface area contributed by atoms with Gasteiger partial charge in [-0.15, -0.1) is 0 Å². The molecule has 0 saturated carbocycles. The van der Waals surface area contributed by atoms with Crippen LogP contribution in [0.5, 0.6) is 0 Å². The number of carbonyl (C=O) groups is 1. The Balaban J connectivity index is 2.25. The second kappa shape index (κ2) is 1.20. The lowest BCUT2D eigenvalue weighted by atomic mass is 10.1. The zero-order chi connectivity index (χ0) is 5.56. The molecule has 0 aromatic heterocycles. The molecule has 0 spiro atoms. The van der Waals surface area contributed by atoms with Gasteiger partial charge >= 0.3 is 0 Å². The second-order valence-electron chi connectivity index (χ2n) is 2.12. The van der Waals surface area contributed by atoms with E-state index in [0.717, 1.165) is 0 Å². The van der Waals surface area contributed by atoms with E-state index in [1.54, 1.807) is 0 Å². The maximum absolute atomic E-state index is 10.7. The van der Waals surface area contributed by atoms with E-state index in [4.69, 9.17) is 4.74 Å². The summed E-state index contributed by atoms with van der Waals surface area (Å²) in [5.41, 5.74) is 0. The Morgan fingerprint density at radius 2 is 2.62 bits per heavy atom. The first-order valence-electron chi connectivity index (χ1n) is 2.73. The largest absolute Gasteiger partial charge is 0.357 e. The predicted octanol–water partition coefficient (Wildman–Crippen LogP) is 0.283. The Labute approximate surface area is 47.1 Å². The van der Waals surface area contributed by atoms with Gasteiger partial charge in [0.2, 0.25) is 0 Å². The van der Waals surface area contributed by atoms with Crippen LogP contribution in [0.1, 0.15) is 6.42 Å². The first-order valence-corrected chi connectivity index (χ1v) is 2.73. The topological polar surface area (TPSA) is 29.6 Å². The molecule has 2 rings (SSSR count). The van der Waals surface area contributed by atoms with E-state index < -0.39 is 0 Å². The zero-order valence-electron chi connectivity index (χ0n) is 4.33. The molecule has 1 aliphatic carbocycles. The van der Waals surface area contributed by atoms with Crippen molar-refractivity contribution in [3.05, 3.63) is 12.2 Å². The summed E-state index contributed by atoms with van der Waals surface area (Å²) in [7, 11) is 0. The molecule has 1 heterocycles. The molecule has 1 saturated heterocycles. The highest BCUT2D eigenvalue weighted by molar-refractivity contribution is 5.88. The first kappa shape index (κ1) is 4.27. The lowest BCUT2D eigenvalue weighted by Gasteiger charge is -1.92. The minimum absolute atomic E-state index is 0.0556. The second-order valence-corrected chi connectivity index (χ2v) is 2.12. The summed E-state index contributed by atoms with van der Waals surface area (Å²) in [6.07, 6.45) is 4.49. The van der Waals surface area contributed by atoms with Gasteiger partial charge in [0.25, 0.3) is 0 Å². The third-order valence-corrected chi connectivity index (χ3v) is 1.49. The number of hydrogen-bond donors (Lipinski definition) is 0. The van der Waals surface area contributed by atoms with Crippen LogP contribution in [-0.2, 0) is 9.53 Å². The molecule has 0 bridgehead atoms. The van der Waals surface area contributed by atoms with E-state index in [0.29, 0.717) is 6.42 Å². The molecule has 2 aliphatic rings. The van der Waals surface area contributed by atoms with Crippen molar-refractivity contribution in [3.8, 4) is 0 Å². The van der Waals surface area contributed by atoms with Crippen molar-refractivity contribution in [1.82, 2.24) is 0 Å². The molecule has 42 valence electrons. The summed E-state index contributed by atoms with van der Waals surface area (Å²) in [6, 6.07) is 0. The van der Waals surface area contributed by atoms with Gasteiger partial charge in [-0.3, -0.25) is 4.79 Å². The third-order valence-electron chi connectivity index (χ3n) is 1.49. The van der Waals surface area contributed by atoms with Crippen molar-refractivity contribution >= 4 is 5.78 Å². The molecule has 1 fully saturated rings. The molecule has 2 nitrogen and oxygen atoms in total. The maximum atomic E-state index is 10.7. The van der Waals surface area contributed by atoms with Crippen LogP contribution in [0.3, 0.4) is 0 Å². The highest BCUT2D eigenvalue weighted by Crippen LogP contribution is 2.28. The fourth-order valence-electron chi connectivity index (χ4n) is 0.964. The van der Waals surface area contributed by atoms with Crippen LogP contribution in [0.15, 0.2) is 12.2 Å². The van der Waals surface area contributed by atoms with Gasteiger partial charge in [-0.1, -0.05) is 12.2 Å². The fourth-order valence-corrected chi connectivity index (χ4v) is 0.964. The SMILES string of the molecule is O=C1CC=CC2OC12. The highest BCUT2D eigenvalue weighted by Gasteiger charge is 2.43. The molecule has 2 heteroatoms. The van der Waals surface area contributed by atoms with Crippen LogP contribution in [0.4, 0.5) is 0 Å². The van der Waals surface area contributed by atoms with Crippen LogP contribution in [0.25, 0.3) is 0 Å². The molecule has 0 N–H and O–H groups in total. The minimum atomic E-state index is -0.0556. The quantitative estimate of drug-likeness (QED) is 0.331. The summed E-state index contributed by atoms with van der Waals surface area (Å²) in [6.45, 7) is 0. The Bertz CT molecular complexity index is 160. The lowest BCUT2D eigenvalue weighted by Crippen LogP contribution is -2.10. The zero-order valence-corrected chi connectivity index (χ0v) is 4.33. The summed E-state index contributed by atoms with van der Waals surface area (Å²) >= 11 is 0. The number of carbonyl (C=O) groups excluding carboxylic acids is 1. The van der Waals surface area contributed by atoms with Gasteiger partial charge in [0.15, 0.2) is 5.78 Å². The van der Waals surface area contributed by atoms with E-state index >= 15 is 0 Å². The van der Waals surface area contributed by atoms with Crippen molar-refractivity contribution in [3.63, 3.8) is 0 Å². The van der Waals surface area contributed by atoms with E-state index in [-0.39, 0.29) is 18.0 Å². The van der Waals surface area contributed by atoms with Crippen LogP contribution >= 0.6 is 0 Å². The highest BCUT2D eigenvalue weighted by atomic mass is 16.6. The number of allylic oxidation sites excluding steroid dienone is 1. The average molecular weight is 110 g/mol. The van der Waals surface area contributed by atoms with Crippen molar-refractivity contribution in [2.24, 2.45) is 0 Å². The Kier molecular flexibility index (Phi) is 0.641. The number of ether oxygens (including phenoxy) is 1. The molecule has 1 aliphatic heterocycles. The van der Waals surface area contributed by atoms with Crippen molar-refractivity contribution in [1.29, 1.82) is 0 Å². The Morgan fingerprint density at radius 3 is 3.25 bits per heavy atom. The normalized spacial score (nSPS) is 41.8. The monoisotopic (exact) mass is 110 g/mol. The van der Waals surface area contributed by atoms with Crippen molar-refractivity contribution in [2.75, 3.05) is 0 Å². The number of rotatable bonds is 0. The minimum Gasteiger partial charge on any atom is -0.357 e. The van der Waals surface area contributed by atoms with Gasteiger partial charge in [0.05, 0.1) is 0 Å². The van der Waals surface area contributed by atoms with Gasteiger partial charge in [-0.2, -0.15) is 0 Å². The van der Waals surface area contributed by atoms with E-state index in [2.05, 4.69) is 0 Å². The molecule has 0 aromatic rings. The summed E-state index contributed by atoms with van der Waals surface area (Å²) < 4.78 is 4.95. The van der Waals surface area contributed by atoms with Crippen molar-refractivity contribution < 1.29 is 9.53 Å². The molecule has 8 heavy (non-hydrogen) atoms. The van der Waals surface area contributed by atoms with E-state index in [1.807, 2.05) is 12.2 Å². The number of epoxide rings is 1. The number of ketones is 1. The maximum Gasteiger partial charge on any atom is 0.168 e. The first-order chi connectivity index (χ1) is 3.88. The summed E-state index contributed by atoms with van der Waals surface area (Å²) in [5, 5.41) is 0. The number of Topliss-reactive ketones (excluding diaryl/α,β-unsaturated/α-hetero) is 1. The van der Waals surface area contributed by atoms with Gasteiger partial charge in [0.1, 0.15) is 12.2 Å². The fraction of sp³-hybridized carbons (Fsp3) is 0.500. The third kappa shape index (κ3) is 0.434. The van der Waals surface area contributed by atoms with Crippen LogP contribution in [0, 0.1) is 0 Å². The summed E-state index contributed by atoms with van der Waals surface area (Å²) in [4.78, 5) is 10.7. The number of fused-ring (bicyclic) bond motifs is 1. The molecule has 0 aromatic carbocycles. The van der Waals surface area contributed by atoms with E-state index in [1.165, 1.54) is 0 Å². The van der Waals surface area contributed by atoms with Crippen LogP contribution < -0.4 is 0 Å². The average Bonchev–Trinajstić information content (AvgIpc) is 2.45. The summed E-state index contributed by atoms with van der Waals surface area (Å²) in [5.74, 6) is 0.234. The van der Waals surface area contributed by atoms with Gasteiger partial charge in [-0.05, 0) is 0 Å². The standard InChI is InChI=1S/C6H6O2/c7-4-2-1-3-5-6(4)8-5/h1,3,5-6H,2H2. The Hall–Kier alpha value is -0.630. The Morgan fingerprint density at radius 1 is 1.75 bits per heavy atom. The lowest BCUT2D eigenvalue weighted by molar-refractivity contribution is -0.119. The van der Waals surface area contributed by atoms with Gasteiger partial charge in [0, 0.05) is 6.42 Å². The molecule has 0 amide bonds. The molecular weight excluding hydrogens is 104 g/mol. The van der Waals surface area contributed by atoms with E-state index in [9.17, 15) is 4.79 Å². The van der Waals surface area contributed by atoms with Crippen LogP contribution in [0.2, 0.25) is 0 Å². The van der Waals surface area contributed by atoms with Gasteiger partial charge < -0.3 is 4.74 Å². The molecule has 2 atom stereocenters. The van der Waals surface area contributed by atoms with Gasteiger partial charge in [-0.25, -0.2) is 0 Å². The smallest absolute Gasteiger partial charge is 0.168 e. The predicted molar refractivity (Wildman–Crippen MR) is 27.4 cm³/mol. The number of hydrogen-bond acceptors (Lipinski definition) is 2. The molecule has 2 unspecified atom stereocenters. The molecule has 0 radical (unpaired) electrons. The van der Waals surface area contributed by atoms with Crippen LogP contribution in [-0.4, -0.2) is 18.0 Å².